The fourth-order valence-corrected chi connectivity index (χ4v) is 3.26. The van der Waals surface area contributed by atoms with E-state index in [-0.39, 0.29) is 11.8 Å². The number of aromatic nitrogens is 1. The molecule has 0 aliphatic carbocycles. The van der Waals surface area contributed by atoms with Gasteiger partial charge in [0.15, 0.2) is 0 Å². The normalized spacial score (nSPS) is 14.0. The average Bonchev–Trinajstić information content (AvgIpc) is 2.73. The standard InChI is InChI=1S/C22H27N3O3/c1-18-7-2-3-9-20(18)28-16-6-10-21(26)24-12-14-25(15-13-24)22(27)17-19-8-4-5-11-23-19/h2-5,7-9,11H,6,10,12-17H2,1H3. The number of benzene rings is 1. The molecule has 2 amide bonds. The molecule has 0 spiro atoms. The Balaban J connectivity index is 1.35. The summed E-state index contributed by atoms with van der Waals surface area (Å²) >= 11 is 0. The minimum atomic E-state index is 0.0671. The van der Waals surface area contributed by atoms with Gasteiger partial charge in [-0.25, -0.2) is 0 Å². The molecule has 1 aromatic carbocycles. The molecule has 0 radical (unpaired) electrons. The van der Waals surface area contributed by atoms with Crippen LogP contribution in [-0.2, 0) is 16.0 Å². The third-order valence-corrected chi connectivity index (χ3v) is 4.93. The van der Waals surface area contributed by atoms with Crippen molar-refractivity contribution < 1.29 is 14.3 Å². The lowest BCUT2D eigenvalue weighted by Crippen LogP contribution is -2.51. The van der Waals surface area contributed by atoms with Gasteiger partial charge < -0.3 is 14.5 Å². The lowest BCUT2D eigenvalue weighted by molar-refractivity contribution is -0.139. The van der Waals surface area contributed by atoms with Gasteiger partial charge in [0, 0.05) is 44.5 Å². The molecule has 0 atom stereocenters. The summed E-state index contributed by atoms with van der Waals surface area (Å²) in [6.45, 7) is 4.87. The van der Waals surface area contributed by atoms with Crippen LogP contribution in [0.2, 0.25) is 0 Å². The van der Waals surface area contributed by atoms with Crippen LogP contribution in [0.3, 0.4) is 0 Å². The first-order chi connectivity index (χ1) is 13.6. The van der Waals surface area contributed by atoms with Crippen molar-refractivity contribution in [3.8, 4) is 5.75 Å². The van der Waals surface area contributed by atoms with Crippen molar-refractivity contribution in [2.24, 2.45) is 0 Å². The molecule has 2 aromatic rings. The number of carbonyl (C=O) groups is 2. The maximum absolute atomic E-state index is 12.4. The van der Waals surface area contributed by atoms with E-state index in [4.69, 9.17) is 4.74 Å². The molecule has 1 fully saturated rings. The number of piperazine rings is 1. The third kappa shape index (κ3) is 5.55. The van der Waals surface area contributed by atoms with Crippen LogP contribution in [0.25, 0.3) is 0 Å². The van der Waals surface area contributed by atoms with Crippen molar-refractivity contribution in [2.45, 2.75) is 26.2 Å². The highest BCUT2D eigenvalue weighted by atomic mass is 16.5. The third-order valence-electron chi connectivity index (χ3n) is 4.93. The van der Waals surface area contributed by atoms with E-state index in [0.717, 1.165) is 17.0 Å². The summed E-state index contributed by atoms with van der Waals surface area (Å²) in [7, 11) is 0. The predicted octanol–water partition coefficient (Wildman–Crippen LogP) is 2.46. The van der Waals surface area contributed by atoms with Gasteiger partial charge in [-0.1, -0.05) is 24.3 Å². The number of hydrogen-bond acceptors (Lipinski definition) is 4. The van der Waals surface area contributed by atoms with E-state index in [2.05, 4.69) is 4.98 Å². The van der Waals surface area contributed by atoms with Crippen LogP contribution >= 0.6 is 0 Å². The summed E-state index contributed by atoms with van der Waals surface area (Å²) in [5.74, 6) is 1.07. The van der Waals surface area contributed by atoms with Gasteiger partial charge in [-0.05, 0) is 37.1 Å². The van der Waals surface area contributed by atoms with E-state index in [9.17, 15) is 9.59 Å². The van der Waals surface area contributed by atoms with Crippen LogP contribution in [0.1, 0.15) is 24.1 Å². The van der Waals surface area contributed by atoms with Gasteiger partial charge in [-0.2, -0.15) is 0 Å². The molecular formula is C22H27N3O3. The van der Waals surface area contributed by atoms with Crippen molar-refractivity contribution in [1.82, 2.24) is 14.8 Å². The van der Waals surface area contributed by atoms with Crippen LogP contribution in [-0.4, -0.2) is 59.4 Å². The van der Waals surface area contributed by atoms with Crippen LogP contribution in [0, 0.1) is 6.92 Å². The summed E-state index contributed by atoms with van der Waals surface area (Å²) in [6, 6.07) is 13.5. The van der Waals surface area contributed by atoms with Crippen molar-refractivity contribution in [1.29, 1.82) is 0 Å². The lowest BCUT2D eigenvalue weighted by atomic mass is 10.2. The lowest BCUT2D eigenvalue weighted by Gasteiger charge is -2.35. The quantitative estimate of drug-likeness (QED) is 0.691. The Morgan fingerprint density at radius 3 is 2.32 bits per heavy atom. The molecule has 0 unspecified atom stereocenters. The van der Waals surface area contributed by atoms with Gasteiger partial charge >= 0.3 is 0 Å². The first-order valence-electron chi connectivity index (χ1n) is 9.77. The monoisotopic (exact) mass is 381 g/mol. The Morgan fingerprint density at radius 1 is 0.964 bits per heavy atom. The number of rotatable bonds is 7. The molecule has 1 saturated heterocycles. The van der Waals surface area contributed by atoms with E-state index in [1.807, 2.05) is 59.2 Å². The molecule has 1 aliphatic rings. The Morgan fingerprint density at radius 2 is 1.64 bits per heavy atom. The zero-order valence-corrected chi connectivity index (χ0v) is 16.3. The fraction of sp³-hybridized carbons (Fsp3) is 0.409. The van der Waals surface area contributed by atoms with Crippen LogP contribution in [0.5, 0.6) is 5.75 Å². The molecule has 6 nitrogen and oxygen atoms in total. The molecule has 1 aromatic heterocycles. The first kappa shape index (κ1) is 19.9. The number of hydrogen-bond donors (Lipinski definition) is 0. The molecule has 3 rings (SSSR count). The molecule has 1 aliphatic heterocycles. The number of pyridine rings is 1. The molecule has 0 bridgehead atoms. The van der Waals surface area contributed by atoms with E-state index in [1.54, 1.807) is 6.20 Å². The fourth-order valence-electron chi connectivity index (χ4n) is 3.26. The van der Waals surface area contributed by atoms with Gasteiger partial charge in [-0.15, -0.1) is 0 Å². The van der Waals surface area contributed by atoms with Gasteiger partial charge in [-0.3, -0.25) is 14.6 Å². The number of nitrogens with zero attached hydrogens (tertiary/aromatic N) is 3. The van der Waals surface area contributed by atoms with Crippen LogP contribution in [0.15, 0.2) is 48.7 Å². The number of aryl methyl sites for hydroxylation is 1. The van der Waals surface area contributed by atoms with E-state index < -0.39 is 0 Å². The van der Waals surface area contributed by atoms with Crippen LogP contribution < -0.4 is 4.74 Å². The largest absolute Gasteiger partial charge is 0.493 e. The zero-order valence-electron chi connectivity index (χ0n) is 16.3. The van der Waals surface area contributed by atoms with Gasteiger partial charge in [0.05, 0.1) is 13.0 Å². The highest BCUT2D eigenvalue weighted by molar-refractivity contribution is 5.79. The second-order valence-corrected chi connectivity index (χ2v) is 6.98. The van der Waals surface area contributed by atoms with Crippen molar-refractivity contribution >= 4 is 11.8 Å². The zero-order chi connectivity index (χ0) is 19.8. The maximum Gasteiger partial charge on any atom is 0.228 e. The van der Waals surface area contributed by atoms with Crippen molar-refractivity contribution in [2.75, 3.05) is 32.8 Å². The number of ether oxygens (including phenoxy) is 1. The SMILES string of the molecule is Cc1ccccc1OCCCC(=O)N1CCN(C(=O)Cc2ccccn2)CC1. The highest BCUT2D eigenvalue weighted by Gasteiger charge is 2.24. The number of carbonyl (C=O) groups excluding carboxylic acids is 2. The summed E-state index contributed by atoms with van der Waals surface area (Å²) in [5, 5.41) is 0. The number of para-hydroxylation sites is 1. The summed E-state index contributed by atoms with van der Waals surface area (Å²) in [4.78, 5) is 32.7. The second-order valence-electron chi connectivity index (χ2n) is 6.98. The smallest absolute Gasteiger partial charge is 0.228 e. The second kappa shape index (κ2) is 9.88. The van der Waals surface area contributed by atoms with E-state index in [0.29, 0.717) is 52.0 Å². The maximum atomic E-state index is 12.4. The topological polar surface area (TPSA) is 62.7 Å². The molecule has 6 heteroatoms. The molecule has 28 heavy (non-hydrogen) atoms. The molecule has 0 N–H and O–H groups in total. The molecule has 2 heterocycles. The van der Waals surface area contributed by atoms with Gasteiger partial charge in [0.1, 0.15) is 5.75 Å². The average molecular weight is 381 g/mol. The van der Waals surface area contributed by atoms with Crippen LogP contribution in [0.4, 0.5) is 0 Å². The molecular weight excluding hydrogens is 354 g/mol. The van der Waals surface area contributed by atoms with E-state index >= 15 is 0 Å². The van der Waals surface area contributed by atoms with E-state index in [1.165, 1.54) is 0 Å². The molecule has 148 valence electrons. The Kier molecular flexibility index (Phi) is 7.00. The first-order valence-corrected chi connectivity index (χ1v) is 9.77. The van der Waals surface area contributed by atoms with Gasteiger partial charge in [0.2, 0.25) is 11.8 Å². The van der Waals surface area contributed by atoms with Gasteiger partial charge in [0.25, 0.3) is 0 Å². The van der Waals surface area contributed by atoms with Crippen molar-refractivity contribution in [3.63, 3.8) is 0 Å². The highest BCUT2D eigenvalue weighted by Crippen LogP contribution is 2.16. The Hall–Kier alpha value is -2.89. The number of amides is 2. The molecule has 0 saturated carbocycles. The summed E-state index contributed by atoms with van der Waals surface area (Å²) in [5.41, 5.74) is 1.87. The van der Waals surface area contributed by atoms with Crippen molar-refractivity contribution in [3.05, 3.63) is 59.9 Å². The minimum Gasteiger partial charge on any atom is -0.493 e. The Labute approximate surface area is 166 Å². The minimum absolute atomic E-state index is 0.0671. The summed E-state index contributed by atoms with van der Waals surface area (Å²) < 4.78 is 5.75. The summed E-state index contributed by atoms with van der Waals surface area (Å²) in [6.07, 6.45) is 3.16. The Bertz CT molecular complexity index is 787. The predicted molar refractivity (Wildman–Crippen MR) is 107 cm³/mol.